The molecule has 0 aromatic rings. The van der Waals surface area contributed by atoms with Crippen molar-refractivity contribution in [2.45, 2.75) is 19.1 Å². The average molecular weight is 144 g/mol. The van der Waals surface area contributed by atoms with Crippen molar-refractivity contribution in [3.05, 3.63) is 0 Å². The van der Waals surface area contributed by atoms with Gasteiger partial charge in [0.2, 0.25) is 5.91 Å². The number of carbonyl (C=O) groups excluding carboxylic acids is 1. The lowest BCUT2D eigenvalue weighted by molar-refractivity contribution is -0.132. The number of rotatable bonds is 2. The lowest BCUT2D eigenvalue weighted by atomic mass is 10.4. The number of hydrogen-bond acceptors (Lipinski definition) is 3. The molecule has 1 unspecified atom stereocenters. The van der Waals surface area contributed by atoms with E-state index in [-0.39, 0.29) is 5.91 Å². The monoisotopic (exact) mass is 144 g/mol. The molecular weight excluding hydrogens is 132 g/mol. The lowest BCUT2D eigenvalue weighted by Gasteiger charge is -2.18. The van der Waals surface area contributed by atoms with Crippen molar-refractivity contribution in [2.75, 3.05) is 13.1 Å². The number of nitrogens with two attached hydrogens (primary N) is 1. The third kappa shape index (κ3) is 1.27. The zero-order chi connectivity index (χ0) is 7.56. The van der Waals surface area contributed by atoms with Crippen LogP contribution >= 0.6 is 0 Å². The maximum atomic E-state index is 10.9. The first kappa shape index (κ1) is 7.50. The molecule has 0 saturated carbocycles. The minimum Gasteiger partial charge on any atom is -0.374 e. The number of carbonyl (C=O) groups is 1. The molecule has 0 aromatic heterocycles. The molecule has 1 fully saturated rings. The number of aliphatic hydroxyl groups excluding tert-OH is 1. The lowest BCUT2D eigenvalue weighted by Crippen LogP contribution is -2.36. The van der Waals surface area contributed by atoms with Crippen LogP contribution in [-0.4, -0.2) is 35.2 Å². The highest BCUT2D eigenvalue weighted by molar-refractivity contribution is 5.78. The van der Waals surface area contributed by atoms with Gasteiger partial charge in [-0.05, 0) is 0 Å². The number of amides is 1. The molecule has 3 N–H and O–H groups in total. The van der Waals surface area contributed by atoms with Gasteiger partial charge in [-0.25, -0.2) is 0 Å². The Labute approximate surface area is 59.6 Å². The van der Waals surface area contributed by atoms with E-state index >= 15 is 0 Å². The summed E-state index contributed by atoms with van der Waals surface area (Å²) in [7, 11) is 0. The van der Waals surface area contributed by atoms with Crippen molar-refractivity contribution in [3.63, 3.8) is 0 Å². The minimum absolute atomic E-state index is 0.0120. The van der Waals surface area contributed by atoms with Crippen molar-refractivity contribution in [1.29, 1.82) is 0 Å². The van der Waals surface area contributed by atoms with E-state index in [1.54, 1.807) is 0 Å². The quantitative estimate of drug-likeness (QED) is 0.516. The normalized spacial score (nSPS) is 26.0. The third-order valence-corrected chi connectivity index (χ3v) is 1.67. The van der Waals surface area contributed by atoms with Gasteiger partial charge in [0.1, 0.15) is 6.23 Å². The highest BCUT2D eigenvalue weighted by atomic mass is 16.3. The van der Waals surface area contributed by atoms with Gasteiger partial charge in [-0.2, -0.15) is 0 Å². The second kappa shape index (κ2) is 2.98. The summed E-state index contributed by atoms with van der Waals surface area (Å²) >= 11 is 0. The highest BCUT2D eigenvalue weighted by Gasteiger charge is 2.27. The van der Waals surface area contributed by atoms with Crippen molar-refractivity contribution in [3.8, 4) is 0 Å². The molecule has 1 aliphatic heterocycles. The zero-order valence-corrected chi connectivity index (χ0v) is 5.79. The molecule has 0 spiro atoms. The third-order valence-electron chi connectivity index (χ3n) is 1.67. The molecule has 0 aliphatic carbocycles. The molecule has 0 bridgehead atoms. The molecule has 58 valence electrons. The summed E-state index contributed by atoms with van der Waals surface area (Å²) in [6.07, 6.45) is 0.427. The fourth-order valence-corrected chi connectivity index (χ4v) is 1.13. The van der Waals surface area contributed by atoms with Crippen molar-refractivity contribution in [2.24, 2.45) is 5.73 Å². The highest BCUT2D eigenvalue weighted by Crippen LogP contribution is 2.14. The maximum Gasteiger partial charge on any atom is 0.224 e. The van der Waals surface area contributed by atoms with Gasteiger partial charge in [-0.1, -0.05) is 0 Å². The van der Waals surface area contributed by atoms with Gasteiger partial charge < -0.3 is 15.7 Å². The number of aliphatic hydroxyl groups is 1. The summed E-state index contributed by atoms with van der Waals surface area (Å²) in [6.45, 7) is 0.892. The van der Waals surface area contributed by atoms with Crippen molar-refractivity contribution >= 4 is 5.91 Å². The molecular formula is C6H12N2O2. The first-order valence-electron chi connectivity index (χ1n) is 3.43. The van der Waals surface area contributed by atoms with Crippen molar-refractivity contribution < 1.29 is 9.90 Å². The zero-order valence-electron chi connectivity index (χ0n) is 5.79. The largest absolute Gasteiger partial charge is 0.374 e. The second-order valence-electron chi connectivity index (χ2n) is 2.40. The van der Waals surface area contributed by atoms with Crippen LogP contribution in [0.1, 0.15) is 12.8 Å². The van der Waals surface area contributed by atoms with Crippen LogP contribution in [0.4, 0.5) is 0 Å². The smallest absolute Gasteiger partial charge is 0.224 e. The summed E-state index contributed by atoms with van der Waals surface area (Å²) in [5.41, 5.74) is 5.23. The molecule has 4 heteroatoms. The van der Waals surface area contributed by atoms with Crippen molar-refractivity contribution in [1.82, 2.24) is 4.90 Å². The van der Waals surface area contributed by atoms with Gasteiger partial charge in [0.15, 0.2) is 0 Å². The SMILES string of the molecule is NCCN1C(=O)CCC1O. The van der Waals surface area contributed by atoms with Gasteiger partial charge >= 0.3 is 0 Å². The first-order valence-corrected chi connectivity index (χ1v) is 3.43. The Morgan fingerprint density at radius 1 is 1.80 bits per heavy atom. The topological polar surface area (TPSA) is 66.6 Å². The van der Waals surface area contributed by atoms with E-state index in [4.69, 9.17) is 10.8 Å². The summed E-state index contributed by atoms with van der Waals surface area (Å²) in [5.74, 6) is 0.0120. The number of hydrogen-bond donors (Lipinski definition) is 2. The maximum absolute atomic E-state index is 10.9. The van der Waals surface area contributed by atoms with Crippen LogP contribution in [0, 0.1) is 0 Å². The Bertz CT molecular complexity index is 138. The summed E-state index contributed by atoms with van der Waals surface area (Å²) in [4.78, 5) is 12.3. The number of likely N-dealkylation sites (tertiary alicyclic amines) is 1. The summed E-state index contributed by atoms with van der Waals surface area (Å²) < 4.78 is 0. The molecule has 1 atom stereocenters. The van der Waals surface area contributed by atoms with E-state index in [1.165, 1.54) is 4.90 Å². The van der Waals surface area contributed by atoms with E-state index in [0.717, 1.165) is 0 Å². The molecule has 0 radical (unpaired) electrons. The molecule has 1 aliphatic rings. The molecule has 1 rings (SSSR count). The average Bonchev–Trinajstić information content (AvgIpc) is 2.20. The first-order chi connectivity index (χ1) is 4.75. The summed E-state index contributed by atoms with van der Waals surface area (Å²) in [5, 5.41) is 9.14. The van der Waals surface area contributed by atoms with Gasteiger partial charge in [0.25, 0.3) is 0 Å². The van der Waals surface area contributed by atoms with Gasteiger partial charge in [0.05, 0.1) is 0 Å². The van der Waals surface area contributed by atoms with E-state index in [0.29, 0.717) is 25.9 Å². The van der Waals surface area contributed by atoms with E-state index in [2.05, 4.69) is 0 Å². The van der Waals surface area contributed by atoms with Crippen LogP contribution in [0.25, 0.3) is 0 Å². The van der Waals surface area contributed by atoms with Crippen LogP contribution in [0.2, 0.25) is 0 Å². The van der Waals surface area contributed by atoms with Gasteiger partial charge in [-0.15, -0.1) is 0 Å². The standard InChI is InChI=1S/C6H12N2O2/c7-3-4-8-5(9)1-2-6(8)10/h5,9H,1-4,7H2. The second-order valence-corrected chi connectivity index (χ2v) is 2.40. The molecule has 1 heterocycles. The molecule has 1 saturated heterocycles. The predicted octanol–water partition coefficient (Wildman–Crippen LogP) is -1.11. The van der Waals surface area contributed by atoms with E-state index in [9.17, 15) is 4.79 Å². The predicted molar refractivity (Wildman–Crippen MR) is 36.0 cm³/mol. The van der Waals surface area contributed by atoms with Crippen LogP contribution in [0.15, 0.2) is 0 Å². The minimum atomic E-state index is -0.587. The van der Waals surface area contributed by atoms with Crippen LogP contribution in [-0.2, 0) is 4.79 Å². The van der Waals surface area contributed by atoms with Crippen LogP contribution in [0.3, 0.4) is 0 Å². The fraction of sp³-hybridized carbons (Fsp3) is 0.833. The molecule has 10 heavy (non-hydrogen) atoms. The Balaban J connectivity index is 2.46. The Morgan fingerprint density at radius 3 is 2.90 bits per heavy atom. The Morgan fingerprint density at radius 2 is 2.50 bits per heavy atom. The number of nitrogens with zero attached hydrogens (tertiary/aromatic N) is 1. The van der Waals surface area contributed by atoms with Crippen LogP contribution in [0.5, 0.6) is 0 Å². The molecule has 0 aromatic carbocycles. The van der Waals surface area contributed by atoms with Crippen LogP contribution < -0.4 is 5.73 Å². The molecule has 4 nitrogen and oxygen atoms in total. The van der Waals surface area contributed by atoms with E-state index in [1.807, 2.05) is 0 Å². The fourth-order valence-electron chi connectivity index (χ4n) is 1.13. The van der Waals surface area contributed by atoms with Gasteiger partial charge in [0, 0.05) is 25.9 Å². The van der Waals surface area contributed by atoms with E-state index < -0.39 is 6.23 Å². The van der Waals surface area contributed by atoms with Gasteiger partial charge in [-0.3, -0.25) is 4.79 Å². The molecule has 1 amide bonds. The Hall–Kier alpha value is -0.610. The Kier molecular flexibility index (Phi) is 2.24. The summed E-state index contributed by atoms with van der Waals surface area (Å²) in [6, 6.07) is 0.